The predicted octanol–water partition coefficient (Wildman–Crippen LogP) is 5.75. The number of aliphatic carboxylic acids is 1. The van der Waals surface area contributed by atoms with E-state index in [4.69, 9.17) is 5.11 Å². The van der Waals surface area contributed by atoms with Gasteiger partial charge in [-0.25, -0.2) is 9.37 Å². The van der Waals surface area contributed by atoms with Crippen LogP contribution in [0.5, 0.6) is 0 Å². The van der Waals surface area contributed by atoms with Gasteiger partial charge in [0.2, 0.25) is 0 Å². The third kappa shape index (κ3) is 3.80. The molecule has 5 nitrogen and oxygen atoms in total. The van der Waals surface area contributed by atoms with Crippen LogP contribution in [-0.4, -0.2) is 21.8 Å². The van der Waals surface area contributed by atoms with Crippen molar-refractivity contribution in [1.29, 1.82) is 0 Å². The minimum Gasteiger partial charge on any atom is -0.481 e. The van der Waals surface area contributed by atoms with Crippen molar-refractivity contribution in [3.05, 3.63) is 78.1 Å². The van der Waals surface area contributed by atoms with Crippen LogP contribution in [0.15, 0.2) is 66.7 Å². The quantitative estimate of drug-likeness (QED) is 0.379. The maximum absolute atomic E-state index is 14.7. The van der Waals surface area contributed by atoms with Crippen LogP contribution in [0.1, 0.15) is 16.8 Å². The first-order valence-corrected chi connectivity index (χ1v) is 10.6. The number of Topliss-reactive ketones (excluding diaryl/α,β-unsaturated/α-hetero) is 1. The molecule has 1 fully saturated rings. The number of halogens is 1. The van der Waals surface area contributed by atoms with Gasteiger partial charge >= 0.3 is 5.97 Å². The number of aromatic nitrogens is 1. The maximum atomic E-state index is 14.7. The summed E-state index contributed by atoms with van der Waals surface area (Å²) in [6.07, 6.45) is 0.393. The molecule has 0 amide bonds. The Morgan fingerprint density at radius 2 is 1.74 bits per heavy atom. The number of para-hydroxylation sites is 1. The Morgan fingerprint density at radius 1 is 1.00 bits per heavy atom. The molecule has 1 saturated carbocycles. The number of hydrogen-bond donors (Lipinski definition) is 2. The van der Waals surface area contributed by atoms with Gasteiger partial charge in [0.15, 0.2) is 10.9 Å². The highest BCUT2D eigenvalue weighted by molar-refractivity contribution is 7.22. The number of nitrogens with one attached hydrogen (secondary N) is 1. The molecule has 1 aliphatic carbocycles. The molecule has 0 radical (unpaired) electrons. The summed E-state index contributed by atoms with van der Waals surface area (Å²) in [5, 5.41) is 12.7. The third-order valence-corrected chi connectivity index (χ3v) is 6.40. The molecule has 5 rings (SSSR count). The van der Waals surface area contributed by atoms with Crippen LogP contribution in [0.3, 0.4) is 0 Å². The number of anilines is 2. The van der Waals surface area contributed by atoms with Crippen molar-refractivity contribution < 1.29 is 19.1 Å². The van der Waals surface area contributed by atoms with E-state index in [1.807, 2.05) is 24.3 Å². The van der Waals surface area contributed by atoms with E-state index in [1.165, 1.54) is 17.4 Å². The van der Waals surface area contributed by atoms with Gasteiger partial charge < -0.3 is 10.4 Å². The number of ketones is 1. The minimum atomic E-state index is -0.926. The standard InChI is InChI=1S/C24H17FN2O3S/c25-18-11-15(9-10-19(18)26-24-27-20-3-1-2-4-21(20)31-24)13-5-7-14(8-6-13)22(28)16-12-17(16)23(29)30/h1-11,16-17H,12H2,(H,26,27)(H,29,30)/t16-,17-/m1/s1. The predicted molar refractivity (Wildman–Crippen MR) is 118 cm³/mol. The molecule has 154 valence electrons. The van der Waals surface area contributed by atoms with E-state index in [0.717, 1.165) is 15.8 Å². The van der Waals surface area contributed by atoms with E-state index in [9.17, 15) is 14.0 Å². The highest BCUT2D eigenvalue weighted by Crippen LogP contribution is 2.41. The fourth-order valence-corrected chi connectivity index (χ4v) is 4.51. The molecular formula is C24H17FN2O3S. The van der Waals surface area contributed by atoms with Crippen LogP contribution < -0.4 is 5.32 Å². The molecule has 1 heterocycles. The second kappa shape index (κ2) is 7.59. The van der Waals surface area contributed by atoms with E-state index in [2.05, 4.69) is 10.3 Å². The number of benzene rings is 3. The first-order valence-electron chi connectivity index (χ1n) is 9.79. The van der Waals surface area contributed by atoms with Crippen LogP contribution in [0.2, 0.25) is 0 Å². The molecule has 2 N–H and O–H groups in total. The van der Waals surface area contributed by atoms with Crippen molar-refractivity contribution in [1.82, 2.24) is 4.98 Å². The van der Waals surface area contributed by atoms with E-state index < -0.39 is 23.6 Å². The lowest BCUT2D eigenvalue weighted by Crippen LogP contribution is -2.08. The average Bonchev–Trinajstić information content (AvgIpc) is 3.48. The van der Waals surface area contributed by atoms with Crippen molar-refractivity contribution in [3.63, 3.8) is 0 Å². The monoisotopic (exact) mass is 432 g/mol. The summed E-state index contributed by atoms with van der Waals surface area (Å²) in [5.74, 6) is -2.49. The zero-order valence-corrected chi connectivity index (χ0v) is 17.0. The van der Waals surface area contributed by atoms with Crippen molar-refractivity contribution in [2.75, 3.05) is 5.32 Å². The minimum absolute atomic E-state index is 0.152. The van der Waals surface area contributed by atoms with Crippen molar-refractivity contribution in [2.24, 2.45) is 11.8 Å². The molecule has 7 heteroatoms. The Hall–Kier alpha value is -3.58. The van der Waals surface area contributed by atoms with Gasteiger partial charge in [0.1, 0.15) is 5.82 Å². The Bertz CT molecular complexity index is 1280. The Balaban J connectivity index is 1.32. The number of hydrogen-bond acceptors (Lipinski definition) is 5. The van der Waals surface area contributed by atoms with Crippen LogP contribution in [0.25, 0.3) is 21.3 Å². The number of carbonyl (C=O) groups excluding carboxylic acids is 1. The molecule has 31 heavy (non-hydrogen) atoms. The SMILES string of the molecule is O=C(O)[C@@H]1C[C@H]1C(=O)c1ccc(-c2ccc(Nc3nc4ccccc4s3)c(F)c2)cc1. The Morgan fingerprint density at radius 3 is 2.42 bits per heavy atom. The first kappa shape index (κ1) is 19.4. The molecule has 0 spiro atoms. The summed E-state index contributed by atoms with van der Waals surface area (Å²) in [4.78, 5) is 27.8. The molecule has 0 saturated heterocycles. The van der Waals surface area contributed by atoms with Crippen LogP contribution in [-0.2, 0) is 4.79 Å². The molecule has 1 aliphatic rings. The fourth-order valence-electron chi connectivity index (χ4n) is 3.64. The zero-order valence-electron chi connectivity index (χ0n) is 16.2. The normalized spacial score (nSPS) is 17.5. The Kier molecular flexibility index (Phi) is 4.75. The van der Waals surface area contributed by atoms with E-state index in [1.54, 1.807) is 36.4 Å². The second-order valence-corrected chi connectivity index (χ2v) is 8.57. The molecule has 0 bridgehead atoms. The summed E-state index contributed by atoms with van der Waals surface area (Å²) in [6, 6.07) is 19.5. The van der Waals surface area contributed by atoms with Gasteiger partial charge in [0.25, 0.3) is 0 Å². The van der Waals surface area contributed by atoms with E-state index >= 15 is 0 Å². The average molecular weight is 432 g/mol. The summed E-state index contributed by atoms with van der Waals surface area (Å²) in [5.41, 5.74) is 3.13. The van der Waals surface area contributed by atoms with Crippen molar-refractivity contribution in [3.8, 4) is 11.1 Å². The smallest absolute Gasteiger partial charge is 0.307 e. The largest absolute Gasteiger partial charge is 0.481 e. The van der Waals surface area contributed by atoms with Gasteiger partial charge in [-0.05, 0) is 41.8 Å². The lowest BCUT2D eigenvalue weighted by atomic mass is 10.00. The van der Waals surface area contributed by atoms with Gasteiger partial charge in [0, 0.05) is 11.5 Å². The van der Waals surface area contributed by atoms with Gasteiger partial charge in [-0.1, -0.05) is 53.8 Å². The molecule has 0 unspecified atom stereocenters. The highest BCUT2D eigenvalue weighted by atomic mass is 32.1. The van der Waals surface area contributed by atoms with Crippen molar-refractivity contribution in [2.45, 2.75) is 6.42 Å². The lowest BCUT2D eigenvalue weighted by molar-refractivity contribution is -0.138. The molecule has 4 aromatic rings. The van der Waals surface area contributed by atoms with E-state index in [-0.39, 0.29) is 5.78 Å². The van der Waals surface area contributed by atoms with Crippen LogP contribution in [0, 0.1) is 17.7 Å². The number of carbonyl (C=O) groups is 2. The van der Waals surface area contributed by atoms with Crippen molar-refractivity contribution >= 4 is 44.1 Å². The number of rotatable bonds is 6. The maximum Gasteiger partial charge on any atom is 0.307 e. The number of carboxylic acid groups (broad SMARTS) is 1. The second-order valence-electron chi connectivity index (χ2n) is 7.53. The number of nitrogens with zero attached hydrogens (tertiary/aromatic N) is 1. The van der Waals surface area contributed by atoms with Gasteiger partial charge in [-0.3, -0.25) is 9.59 Å². The molecular weight excluding hydrogens is 415 g/mol. The fraction of sp³-hybridized carbons (Fsp3) is 0.125. The molecule has 0 aliphatic heterocycles. The van der Waals surface area contributed by atoms with Crippen LogP contribution >= 0.6 is 11.3 Å². The van der Waals surface area contributed by atoms with Crippen LogP contribution in [0.4, 0.5) is 15.2 Å². The summed E-state index contributed by atoms with van der Waals surface area (Å²) in [6.45, 7) is 0. The zero-order chi connectivity index (χ0) is 21.5. The summed E-state index contributed by atoms with van der Waals surface area (Å²) >= 11 is 1.46. The van der Waals surface area contributed by atoms with Gasteiger partial charge in [-0.15, -0.1) is 0 Å². The number of fused-ring (bicyclic) bond motifs is 1. The van der Waals surface area contributed by atoms with Gasteiger partial charge in [-0.2, -0.15) is 0 Å². The lowest BCUT2D eigenvalue weighted by Gasteiger charge is -2.08. The summed E-state index contributed by atoms with van der Waals surface area (Å²) < 4.78 is 15.7. The number of thiazole rings is 1. The first-order chi connectivity index (χ1) is 15.0. The highest BCUT2D eigenvalue weighted by Gasteiger charge is 2.48. The Labute approximate surface area is 181 Å². The number of carboxylic acids is 1. The van der Waals surface area contributed by atoms with E-state index in [0.29, 0.717) is 28.4 Å². The molecule has 3 aromatic carbocycles. The summed E-state index contributed by atoms with van der Waals surface area (Å²) in [7, 11) is 0. The molecule has 1 aromatic heterocycles. The van der Waals surface area contributed by atoms with Gasteiger partial charge in [0.05, 0.1) is 21.8 Å². The topological polar surface area (TPSA) is 79.3 Å². The third-order valence-electron chi connectivity index (χ3n) is 5.45. The molecule has 2 atom stereocenters.